The molecule has 0 saturated carbocycles. The lowest BCUT2D eigenvalue weighted by Crippen LogP contribution is -2.35. The van der Waals surface area contributed by atoms with Gasteiger partial charge in [0.15, 0.2) is 0 Å². The first-order chi connectivity index (χ1) is 9.72. The number of anilines is 1. The Kier molecular flexibility index (Phi) is 7.64. The molecule has 1 aromatic carbocycles. The largest absolute Gasteiger partial charge is 0.385 e. The quantitative estimate of drug-likeness (QED) is 0.402. The Morgan fingerprint density at radius 1 is 1.15 bits per heavy atom. The van der Waals surface area contributed by atoms with E-state index in [4.69, 9.17) is 15.3 Å². The number of hydrazine groups is 1. The molecule has 6 heteroatoms. The van der Waals surface area contributed by atoms with Gasteiger partial charge >= 0.3 is 0 Å². The summed E-state index contributed by atoms with van der Waals surface area (Å²) in [5.74, 6) is 5.29. The third-order valence-electron chi connectivity index (χ3n) is 2.93. The van der Waals surface area contributed by atoms with E-state index < -0.39 is 0 Å². The van der Waals surface area contributed by atoms with Crippen LogP contribution >= 0.6 is 0 Å². The minimum atomic E-state index is -0.0123. The molecule has 1 amide bonds. The molecule has 0 unspecified atom stereocenters. The Bertz CT molecular complexity index is 395. The van der Waals surface area contributed by atoms with Crippen molar-refractivity contribution < 1.29 is 14.3 Å². The van der Waals surface area contributed by atoms with Crippen molar-refractivity contribution >= 4 is 11.6 Å². The van der Waals surface area contributed by atoms with Crippen LogP contribution in [0.5, 0.6) is 0 Å². The molecule has 0 fully saturated rings. The van der Waals surface area contributed by atoms with Gasteiger partial charge in [-0.15, -0.1) is 0 Å². The van der Waals surface area contributed by atoms with Gasteiger partial charge in [0, 0.05) is 45.2 Å². The first-order valence-electron chi connectivity index (χ1n) is 6.56. The number of nitrogens with two attached hydrogens (primary N) is 1. The maximum atomic E-state index is 12.4. The molecule has 0 spiro atoms. The van der Waals surface area contributed by atoms with Crippen molar-refractivity contribution in [2.75, 3.05) is 45.9 Å². The van der Waals surface area contributed by atoms with Crippen molar-refractivity contribution in [1.29, 1.82) is 0 Å². The molecule has 0 aliphatic heterocycles. The Hall–Kier alpha value is -1.63. The molecule has 1 rings (SSSR count). The van der Waals surface area contributed by atoms with Crippen LogP contribution in [0.3, 0.4) is 0 Å². The zero-order valence-corrected chi connectivity index (χ0v) is 12.1. The van der Waals surface area contributed by atoms with Gasteiger partial charge in [-0.3, -0.25) is 10.6 Å². The van der Waals surface area contributed by atoms with Crippen LogP contribution in [0, 0.1) is 0 Å². The fraction of sp³-hybridized carbons (Fsp3) is 0.500. The molecule has 6 nitrogen and oxygen atoms in total. The number of hydrogen-bond donors (Lipinski definition) is 2. The molecule has 0 atom stereocenters. The number of nitrogens with one attached hydrogen (secondary N) is 1. The summed E-state index contributed by atoms with van der Waals surface area (Å²) in [6.45, 7) is 2.36. The number of methoxy groups -OCH3 is 2. The van der Waals surface area contributed by atoms with Crippen LogP contribution in [-0.2, 0) is 9.47 Å². The van der Waals surface area contributed by atoms with Crippen molar-refractivity contribution in [3.63, 3.8) is 0 Å². The summed E-state index contributed by atoms with van der Waals surface area (Å²) in [6.07, 6.45) is 0.800. The van der Waals surface area contributed by atoms with Crippen molar-refractivity contribution in [3.8, 4) is 0 Å². The Morgan fingerprint density at radius 3 is 2.35 bits per heavy atom. The molecular formula is C14H23N3O3. The first-order valence-corrected chi connectivity index (χ1v) is 6.56. The topological polar surface area (TPSA) is 76.8 Å². The number of nitrogen functional groups attached to an aromatic ring is 1. The van der Waals surface area contributed by atoms with Crippen molar-refractivity contribution in [1.82, 2.24) is 4.90 Å². The van der Waals surface area contributed by atoms with Crippen LogP contribution in [0.2, 0.25) is 0 Å². The fourth-order valence-electron chi connectivity index (χ4n) is 1.81. The minimum Gasteiger partial charge on any atom is -0.385 e. The number of carbonyl (C=O) groups is 1. The monoisotopic (exact) mass is 281 g/mol. The second-order valence-corrected chi connectivity index (χ2v) is 4.35. The summed E-state index contributed by atoms with van der Waals surface area (Å²) in [5, 5.41) is 0. The molecule has 112 valence electrons. The van der Waals surface area contributed by atoms with Gasteiger partial charge in [0.1, 0.15) is 0 Å². The summed E-state index contributed by atoms with van der Waals surface area (Å²) in [5.41, 5.74) is 3.94. The van der Waals surface area contributed by atoms with E-state index in [0.29, 0.717) is 31.9 Å². The minimum absolute atomic E-state index is 0.0123. The lowest BCUT2D eigenvalue weighted by Gasteiger charge is -2.22. The fourth-order valence-corrected chi connectivity index (χ4v) is 1.81. The second kappa shape index (κ2) is 9.30. The Labute approximate surface area is 119 Å². The van der Waals surface area contributed by atoms with Gasteiger partial charge in [0.05, 0.1) is 6.61 Å². The smallest absolute Gasteiger partial charge is 0.253 e. The van der Waals surface area contributed by atoms with Crippen molar-refractivity contribution in [2.45, 2.75) is 6.42 Å². The second-order valence-electron chi connectivity index (χ2n) is 4.35. The number of carbonyl (C=O) groups excluding carboxylic acids is 1. The van der Waals surface area contributed by atoms with Crippen LogP contribution in [-0.4, -0.2) is 51.3 Å². The summed E-state index contributed by atoms with van der Waals surface area (Å²) in [6, 6.07) is 7.06. The highest BCUT2D eigenvalue weighted by Crippen LogP contribution is 2.11. The molecule has 1 aromatic rings. The lowest BCUT2D eigenvalue weighted by molar-refractivity contribution is 0.0674. The van der Waals surface area contributed by atoms with Crippen LogP contribution in [0.25, 0.3) is 0 Å². The molecule has 0 radical (unpaired) electrons. The lowest BCUT2D eigenvalue weighted by atomic mass is 10.1. The standard InChI is InChI=1S/C14H23N3O3/c1-19-10-3-8-17(9-11-20-2)14(18)12-4-6-13(16-15)7-5-12/h4-7,16H,3,8-11,15H2,1-2H3. The molecule has 0 heterocycles. The molecular weight excluding hydrogens is 258 g/mol. The van der Waals surface area contributed by atoms with E-state index in [0.717, 1.165) is 12.1 Å². The highest BCUT2D eigenvalue weighted by atomic mass is 16.5. The summed E-state index contributed by atoms with van der Waals surface area (Å²) in [4.78, 5) is 14.2. The van der Waals surface area contributed by atoms with Crippen LogP contribution < -0.4 is 11.3 Å². The number of rotatable bonds is 9. The molecule has 0 saturated heterocycles. The number of ether oxygens (including phenoxy) is 2. The Morgan fingerprint density at radius 2 is 1.80 bits per heavy atom. The third-order valence-corrected chi connectivity index (χ3v) is 2.93. The normalized spacial score (nSPS) is 10.3. The van der Waals surface area contributed by atoms with Gasteiger partial charge in [0.25, 0.3) is 5.91 Å². The number of nitrogens with zero attached hydrogens (tertiary/aromatic N) is 1. The summed E-state index contributed by atoms with van der Waals surface area (Å²) >= 11 is 0. The summed E-state index contributed by atoms with van der Waals surface area (Å²) < 4.78 is 10.1. The predicted octanol–water partition coefficient (Wildman–Crippen LogP) is 1.10. The van der Waals surface area contributed by atoms with Crippen LogP contribution in [0.4, 0.5) is 5.69 Å². The average Bonchev–Trinajstić information content (AvgIpc) is 2.50. The molecule has 0 aromatic heterocycles. The third kappa shape index (κ3) is 5.16. The predicted molar refractivity (Wildman–Crippen MR) is 78.5 cm³/mol. The van der Waals surface area contributed by atoms with E-state index in [1.54, 1.807) is 43.4 Å². The molecule has 3 N–H and O–H groups in total. The van der Waals surface area contributed by atoms with Gasteiger partial charge < -0.3 is 19.8 Å². The zero-order chi connectivity index (χ0) is 14.8. The van der Waals surface area contributed by atoms with E-state index >= 15 is 0 Å². The first kappa shape index (κ1) is 16.4. The van der Waals surface area contributed by atoms with E-state index in [1.165, 1.54) is 0 Å². The number of benzene rings is 1. The van der Waals surface area contributed by atoms with Crippen LogP contribution in [0.1, 0.15) is 16.8 Å². The highest BCUT2D eigenvalue weighted by molar-refractivity contribution is 5.94. The number of hydrogen-bond acceptors (Lipinski definition) is 5. The Balaban J connectivity index is 2.68. The van der Waals surface area contributed by atoms with Gasteiger partial charge in [-0.1, -0.05) is 0 Å². The molecule has 0 aliphatic rings. The van der Waals surface area contributed by atoms with Crippen LogP contribution in [0.15, 0.2) is 24.3 Å². The number of amides is 1. The van der Waals surface area contributed by atoms with Gasteiger partial charge in [0.2, 0.25) is 0 Å². The highest BCUT2D eigenvalue weighted by Gasteiger charge is 2.15. The van der Waals surface area contributed by atoms with E-state index in [9.17, 15) is 4.79 Å². The maximum Gasteiger partial charge on any atom is 0.253 e. The average molecular weight is 281 g/mol. The van der Waals surface area contributed by atoms with E-state index in [-0.39, 0.29) is 5.91 Å². The van der Waals surface area contributed by atoms with Crippen molar-refractivity contribution in [3.05, 3.63) is 29.8 Å². The molecule has 0 aliphatic carbocycles. The zero-order valence-electron chi connectivity index (χ0n) is 12.1. The molecule has 20 heavy (non-hydrogen) atoms. The summed E-state index contributed by atoms with van der Waals surface area (Å²) in [7, 11) is 3.28. The van der Waals surface area contributed by atoms with E-state index in [1.807, 2.05) is 0 Å². The SMILES string of the molecule is COCCCN(CCOC)C(=O)c1ccc(NN)cc1. The molecule has 0 bridgehead atoms. The van der Waals surface area contributed by atoms with Gasteiger partial charge in [-0.25, -0.2) is 0 Å². The van der Waals surface area contributed by atoms with Crippen molar-refractivity contribution in [2.24, 2.45) is 5.84 Å². The van der Waals surface area contributed by atoms with Gasteiger partial charge in [-0.05, 0) is 30.7 Å². The van der Waals surface area contributed by atoms with Gasteiger partial charge in [-0.2, -0.15) is 0 Å². The van der Waals surface area contributed by atoms with E-state index in [2.05, 4.69) is 5.43 Å². The maximum absolute atomic E-state index is 12.4.